The summed E-state index contributed by atoms with van der Waals surface area (Å²) in [7, 11) is 0. The van der Waals surface area contributed by atoms with Crippen LogP contribution in [-0.4, -0.2) is 13.4 Å². The second kappa shape index (κ2) is 15.1. The van der Waals surface area contributed by atoms with E-state index < -0.39 is 11.6 Å². The van der Waals surface area contributed by atoms with Crippen molar-refractivity contribution in [2.45, 2.75) is 122 Å². The van der Waals surface area contributed by atoms with Crippen molar-refractivity contribution < 1.29 is 18.3 Å². The highest BCUT2D eigenvalue weighted by molar-refractivity contribution is 5.33. The summed E-state index contributed by atoms with van der Waals surface area (Å²) >= 11 is 0. The fourth-order valence-corrected chi connectivity index (χ4v) is 6.27. The van der Waals surface area contributed by atoms with Crippen LogP contribution in [0.1, 0.15) is 128 Å². The van der Waals surface area contributed by atoms with E-state index in [0.29, 0.717) is 12.2 Å². The Bertz CT molecular complexity index is 691. The van der Waals surface area contributed by atoms with E-state index in [1.165, 1.54) is 64.2 Å². The standard InChI is InChI=1S/C30H48F2O2/c1-3-5-7-8-9-10-23-11-13-24(14-12-23)25-15-17-26(18-16-25)27-19-20-28(30(32)29(27)31)34-22-33-21-6-4-2/h19-20,23-26H,3-18,21-22H2,1-2H3. The van der Waals surface area contributed by atoms with Crippen molar-refractivity contribution in [2.75, 3.05) is 13.4 Å². The molecule has 1 aromatic rings. The predicted molar refractivity (Wildman–Crippen MR) is 136 cm³/mol. The van der Waals surface area contributed by atoms with Crippen LogP contribution in [0.25, 0.3) is 0 Å². The fourth-order valence-electron chi connectivity index (χ4n) is 6.27. The molecular formula is C30H48F2O2. The van der Waals surface area contributed by atoms with Crippen molar-refractivity contribution >= 4 is 0 Å². The Labute approximate surface area is 207 Å². The lowest BCUT2D eigenvalue weighted by atomic mass is 9.68. The Morgan fingerprint density at radius 2 is 1.38 bits per heavy atom. The molecule has 0 radical (unpaired) electrons. The van der Waals surface area contributed by atoms with Crippen LogP contribution in [-0.2, 0) is 4.74 Å². The molecule has 0 heterocycles. The van der Waals surface area contributed by atoms with Crippen molar-refractivity contribution in [3.05, 3.63) is 29.3 Å². The summed E-state index contributed by atoms with van der Waals surface area (Å²) in [5.74, 6) is 1.05. The van der Waals surface area contributed by atoms with Crippen LogP contribution >= 0.6 is 0 Å². The third kappa shape index (κ3) is 8.21. The molecule has 0 unspecified atom stereocenters. The van der Waals surface area contributed by atoms with Gasteiger partial charge in [0.2, 0.25) is 5.82 Å². The van der Waals surface area contributed by atoms with E-state index in [-0.39, 0.29) is 18.5 Å². The molecule has 2 aliphatic carbocycles. The summed E-state index contributed by atoms with van der Waals surface area (Å²) in [6.07, 6.45) is 20.2. The van der Waals surface area contributed by atoms with Gasteiger partial charge in [0.05, 0.1) is 6.61 Å². The smallest absolute Gasteiger partial charge is 0.201 e. The van der Waals surface area contributed by atoms with Gasteiger partial charge in [-0.15, -0.1) is 0 Å². The van der Waals surface area contributed by atoms with Crippen molar-refractivity contribution in [1.29, 1.82) is 0 Å². The number of hydrogen-bond acceptors (Lipinski definition) is 2. The molecule has 2 aliphatic rings. The number of rotatable bonds is 14. The highest BCUT2D eigenvalue weighted by Crippen LogP contribution is 2.45. The van der Waals surface area contributed by atoms with Gasteiger partial charge in [-0.3, -0.25) is 0 Å². The average molecular weight is 479 g/mol. The summed E-state index contributed by atoms with van der Waals surface area (Å²) in [5, 5.41) is 0. The van der Waals surface area contributed by atoms with Gasteiger partial charge < -0.3 is 9.47 Å². The third-order valence-electron chi connectivity index (χ3n) is 8.50. The van der Waals surface area contributed by atoms with E-state index in [1.807, 2.05) is 0 Å². The van der Waals surface area contributed by atoms with E-state index in [9.17, 15) is 8.78 Å². The molecule has 1 aromatic carbocycles. The lowest BCUT2D eigenvalue weighted by molar-refractivity contribution is 0.0115. The van der Waals surface area contributed by atoms with Gasteiger partial charge in [0.1, 0.15) is 0 Å². The molecule has 0 N–H and O–H groups in total. The summed E-state index contributed by atoms with van der Waals surface area (Å²) in [6, 6.07) is 3.31. The van der Waals surface area contributed by atoms with Crippen molar-refractivity contribution in [2.24, 2.45) is 17.8 Å². The second-order valence-corrected chi connectivity index (χ2v) is 10.9. The first-order valence-electron chi connectivity index (χ1n) is 14.3. The minimum atomic E-state index is -0.869. The van der Waals surface area contributed by atoms with Crippen LogP contribution in [0.3, 0.4) is 0 Å². The number of halogens is 2. The molecule has 0 spiro atoms. The third-order valence-corrected chi connectivity index (χ3v) is 8.50. The molecular weight excluding hydrogens is 430 g/mol. The zero-order chi connectivity index (χ0) is 24.2. The predicted octanol–water partition coefficient (Wildman–Crippen LogP) is 9.56. The minimum absolute atomic E-state index is 0.0398. The maximum Gasteiger partial charge on any atom is 0.201 e. The Morgan fingerprint density at radius 1 is 0.735 bits per heavy atom. The minimum Gasteiger partial charge on any atom is -0.464 e. The molecule has 2 nitrogen and oxygen atoms in total. The van der Waals surface area contributed by atoms with Crippen LogP contribution in [0.2, 0.25) is 0 Å². The van der Waals surface area contributed by atoms with Gasteiger partial charge in [-0.25, -0.2) is 4.39 Å². The topological polar surface area (TPSA) is 18.5 Å². The largest absolute Gasteiger partial charge is 0.464 e. The van der Waals surface area contributed by atoms with E-state index >= 15 is 0 Å². The van der Waals surface area contributed by atoms with E-state index in [2.05, 4.69) is 13.8 Å². The quantitative estimate of drug-likeness (QED) is 0.196. The van der Waals surface area contributed by atoms with E-state index in [0.717, 1.165) is 56.3 Å². The summed E-state index contributed by atoms with van der Waals surface area (Å²) in [5.41, 5.74) is 0.530. The Morgan fingerprint density at radius 3 is 2.06 bits per heavy atom. The maximum absolute atomic E-state index is 14.8. The van der Waals surface area contributed by atoms with Gasteiger partial charge in [0, 0.05) is 0 Å². The molecule has 0 aliphatic heterocycles. The van der Waals surface area contributed by atoms with Crippen LogP contribution in [0.4, 0.5) is 8.78 Å². The number of hydrogen-bond donors (Lipinski definition) is 0. The highest BCUT2D eigenvalue weighted by Gasteiger charge is 2.32. The summed E-state index contributed by atoms with van der Waals surface area (Å²) in [6.45, 7) is 4.89. The SMILES string of the molecule is CCCCCCCC1CCC(C2CCC(c3ccc(OCOCCCC)c(F)c3F)CC2)CC1. The van der Waals surface area contributed by atoms with Gasteiger partial charge in [-0.1, -0.05) is 77.7 Å². The van der Waals surface area contributed by atoms with E-state index in [1.54, 1.807) is 12.1 Å². The first kappa shape index (κ1) is 27.4. The molecule has 3 rings (SSSR count). The molecule has 2 fully saturated rings. The molecule has 4 heteroatoms. The van der Waals surface area contributed by atoms with Crippen LogP contribution in [0.15, 0.2) is 12.1 Å². The highest BCUT2D eigenvalue weighted by atomic mass is 19.2. The lowest BCUT2D eigenvalue weighted by Crippen LogP contribution is -2.25. The normalized spacial score (nSPS) is 25.4. The summed E-state index contributed by atoms with van der Waals surface area (Å²) < 4.78 is 40.1. The lowest BCUT2D eigenvalue weighted by Gasteiger charge is -2.38. The number of unbranched alkanes of at least 4 members (excludes halogenated alkanes) is 5. The van der Waals surface area contributed by atoms with Crippen LogP contribution in [0.5, 0.6) is 5.75 Å². The maximum atomic E-state index is 14.8. The Hall–Kier alpha value is -1.16. The van der Waals surface area contributed by atoms with Gasteiger partial charge in [-0.05, 0) is 80.2 Å². The molecule has 0 saturated heterocycles. The van der Waals surface area contributed by atoms with Gasteiger partial charge in [0.25, 0.3) is 0 Å². The molecule has 2 saturated carbocycles. The zero-order valence-electron chi connectivity index (χ0n) is 21.8. The van der Waals surface area contributed by atoms with Crippen molar-refractivity contribution in [3.63, 3.8) is 0 Å². The first-order chi connectivity index (χ1) is 16.6. The second-order valence-electron chi connectivity index (χ2n) is 10.9. The van der Waals surface area contributed by atoms with Crippen molar-refractivity contribution in [1.82, 2.24) is 0 Å². The van der Waals surface area contributed by atoms with Crippen molar-refractivity contribution in [3.8, 4) is 5.75 Å². The first-order valence-corrected chi connectivity index (χ1v) is 14.3. The monoisotopic (exact) mass is 478 g/mol. The van der Waals surface area contributed by atoms with Gasteiger partial charge in [-0.2, -0.15) is 4.39 Å². The number of ether oxygens (including phenoxy) is 2. The fraction of sp³-hybridized carbons (Fsp3) is 0.800. The molecule has 0 amide bonds. The molecule has 0 atom stereocenters. The number of benzene rings is 1. The Kier molecular flexibility index (Phi) is 12.2. The van der Waals surface area contributed by atoms with Crippen LogP contribution in [0, 0.1) is 29.4 Å². The zero-order valence-corrected chi connectivity index (χ0v) is 21.8. The molecule has 0 bridgehead atoms. The molecule has 34 heavy (non-hydrogen) atoms. The molecule has 194 valence electrons. The summed E-state index contributed by atoms with van der Waals surface area (Å²) in [4.78, 5) is 0. The van der Waals surface area contributed by atoms with Gasteiger partial charge >= 0.3 is 0 Å². The molecule has 0 aromatic heterocycles. The Balaban J connectivity index is 1.39. The van der Waals surface area contributed by atoms with Gasteiger partial charge in [0.15, 0.2) is 18.4 Å². The van der Waals surface area contributed by atoms with E-state index in [4.69, 9.17) is 9.47 Å². The average Bonchev–Trinajstić information content (AvgIpc) is 2.87. The van der Waals surface area contributed by atoms with Crippen LogP contribution < -0.4 is 4.74 Å².